The van der Waals surface area contributed by atoms with Crippen molar-refractivity contribution in [3.63, 3.8) is 0 Å². The Balaban J connectivity index is 1.55. The van der Waals surface area contributed by atoms with Crippen molar-refractivity contribution in [2.45, 2.75) is 46.2 Å². The minimum Gasteiger partial charge on any atom is -0.466 e. The zero-order valence-electron chi connectivity index (χ0n) is 24.6. The van der Waals surface area contributed by atoms with Crippen LogP contribution in [0.5, 0.6) is 0 Å². The maximum Gasteiger partial charge on any atom is 0.328 e. The van der Waals surface area contributed by atoms with Gasteiger partial charge in [-0.3, -0.25) is 9.59 Å². The molecule has 2 aromatic carbocycles. The van der Waals surface area contributed by atoms with E-state index in [1.54, 1.807) is 56.3 Å². The maximum atomic E-state index is 14.9. The molecule has 0 saturated carbocycles. The molecule has 2 heterocycles. The number of carbonyl (C=O) groups excluding carboxylic acids is 3. The number of esters is 2. The Hall–Kier alpha value is -5.33. The van der Waals surface area contributed by atoms with Crippen LogP contribution in [0.3, 0.4) is 0 Å². The van der Waals surface area contributed by atoms with E-state index in [1.807, 2.05) is 6.92 Å². The second kappa shape index (κ2) is 14.2. The molecular formula is C31H34FN7O5. The van der Waals surface area contributed by atoms with E-state index in [0.29, 0.717) is 33.5 Å². The minimum atomic E-state index is -1.02. The summed E-state index contributed by atoms with van der Waals surface area (Å²) in [6, 6.07) is 11.8. The Morgan fingerprint density at radius 3 is 2.34 bits per heavy atom. The van der Waals surface area contributed by atoms with Gasteiger partial charge in [-0.15, -0.1) is 0 Å². The van der Waals surface area contributed by atoms with Crippen molar-refractivity contribution in [1.29, 1.82) is 0 Å². The van der Waals surface area contributed by atoms with E-state index in [9.17, 15) is 18.8 Å². The number of aromatic nitrogens is 3. The summed E-state index contributed by atoms with van der Waals surface area (Å²) in [7, 11) is 0. The summed E-state index contributed by atoms with van der Waals surface area (Å²) >= 11 is 0. The smallest absolute Gasteiger partial charge is 0.328 e. The van der Waals surface area contributed by atoms with Crippen LogP contribution in [0.1, 0.15) is 48.2 Å². The highest BCUT2D eigenvalue weighted by Crippen LogP contribution is 2.33. The summed E-state index contributed by atoms with van der Waals surface area (Å²) in [6.45, 7) is 5.74. The van der Waals surface area contributed by atoms with Crippen molar-refractivity contribution in [3.8, 4) is 11.3 Å². The molecule has 4 aromatic rings. The van der Waals surface area contributed by atoms with Gasteiger partial charge >= 0.3 is 11.9 Å². The molecule has 44 heavy (non-hydrogen) atoms. The number of halogens is 1. The van der Waals surface area contributed by atoms with Crippen molar-refractivity contribution in [2.24, 2.45) is 0 Å². The Labute approximate surface area is 253 Å². The molecule has 0 radical (unpaired) electrons. The fourth-order valence-corrected chi connectivity index (χ4v) is 4.68. The second-order valence-electron chi connectivity index (χ2n) is 9.76. The lowest BCUT2D eigenvalue weighted by Gasteiger charge is -2.18. The van der Waals surface area contributed by atoms with Crippen molar-refractivity contribution < 1.29 is 28.2 Å². The molecule has 1 atom stereocenters. The van der Waals surface area contributed by atoms with Crippen LogP contribution in [0.2, 0.25) is 0 Å². The largest absolute Gasteiger partial charge is 0.466 e. The molecule has 2 aromatic heterocycles. The standard InChI is InChI=1S/C31H34FN7O5/c1-4-43-24(40)15-14-23(30(42)44-5-2)36-29(41)18-10-12-19(13-11-18)35-16-21-17(3)25-27(33)38-31(34)39-28(25)37-26(21)20-8-6-7-9-22(20)32/h6-13,23,35H,4-5,14-16H2,1-3H3,(H,36,41)(H4,33,34,37,38,39)/t23-/m0/s1. The first-order chi connectivity index (χ1) is 21.1. The van der Waals surface area contributed by atoms with Crippen molar-refractivity contribution >= 4 is 46.3 Å². The van der Waals surface area contributed by atoms with E-state index in [4.69, 9.17) is 20.9 Å². The number of carbonyl (C=O) groups is 3. The predicted molar refractivity (Wildman–Crippen MR) is 164 cm³/mol. The number of nitrogen functional groups attached to an aromatic ring is 2. The average Bonchev–Trinajstić information content (AvgIpc) is 2.99. The molecule has 0 spiro atoms. The van der Waals surface area contributed by atoms with Crippen LogP contribution < -0.4 is 22.1 Å². The van der Waals surface area contributed by atoms with Crippen LogP contribution in [0.4, 0.5) is 21.8 Å². The number of hydrogen-bond donors (Lipinski definition) is 4. The molecule has 4 rings (SSSR count). The number of hydrogen-bond acceptors (Lipinski definition) is 11. The first kappa shape index (κ1) is 31.6. The number of aryl methyl sites for hydroxylation is 1. The quantitative estimate of drug-likeness (QED) is 0.172. The number of fused-ring (bicyclic) bond motifs is 1. The Kier molecular flexibility index (Phi) is 10.2. The van der Waals surface area contributed by atoms with Crippen LogP contribution in [-0.4, -0.2) is 52.1 Å². The van der Waals surface area contributed by atoms with Gasteiger partial charge in [-0.05, 0) is 69.2 Å². The molecule has 230 valence electrons. The van der Waals surface area contributed by atoms with Gasteiger partial charge in [0.15, 0.2) is 5.65 Å². The molecule has 1 amide bonds. The van der Waals surface area contributed by atoms with Crippen LogP contribution in [-0.2, 0) is 25.6 Å². The molecule has 6 N–H and O–H groups in total. The fourth-order valence-electron chi connectivity index (χ4n) is 4.68. The highest BCUT2D eigenvalue weighted by molar-refractivity contribution is 5.97. The molecule has 0 saturated heterocycles. The van der Waals surface area contributed by atoms with Crippen molar-refractivity contribution in [1.82, 2.24) is 20.3 Å². The van der Waals surface area contributed by atoms with Gasteiger partial charge in [0, 0.05) is 35.3 Å². The van der Waals surface area contributed by atoms with Crippen LogP contribution in [0.25, 0.3) is 22.3 Å². The van der Waals surface area contributed by atoms with Gasteiger partial charge in [-0.25, -0.2) is 14.2 Å². The first-order valence-electron chi connectivity index (χ1n) is 14.1. The van der Waals surface area contributed by atoms with E-state index in [0.717, 1.165) is 0 Å². The number of nitrogens with zero attached hydrogens (tertiary/aromatic N) is 3. The van der Waals surface area contributed by atoms with Crippen LogP contribution in [0, 0.1) is 12.7 Å². The van der Waals surface area contributed by atoms with Gasteiger partial charge in [0.25, 0.3) is 5.91 Å². The highest BCUT2D eigenvalue weighted by Gasteiger charge is 2.24. The van der Waals surface area contributed by atoms with Gasteiger partial charge in [-0.1, -0.05) is 12.1 Å². The molecule has 0 aliphatic carbocycles. The first-order valence-corrected chi connectivity index (χ1v) is 14.1. The lowest BCUT2D eigenvalue weighted by atomic mass is 9.98. The monoisotopic (exact) mass is 603 g/mol. The average molecular weight is 604 g/mol. The third-order valence-corrected chi connectivity index (χ3v) is 6.83. The minimum absolute atomic E-state index is 0.0364. The van der Waals surface area contributed by atoms with Crippen LogP contribution >= 0.6 is 0 Å². The van der Waals surface area contributed by atoms with Crippen molar-refractivity contribution in [2.75, 3.05) is 30.0 Å². The third kappa shape index (κ3) is 7.35. The third-order valence-electron chi connectivity index (χ3n) is 6.83. The summed E-state index contributed by atoms with van der Waals surface area (Å²) in [5.74, 6) is -1.94. The molecule has 0 bridgehead atoms. The Morgan fingerprint density at radius 1 is 0.955 bits per heavy atom. The van der Waals surface area contributed by atoms with Gasteiger partial charge in [0.05, 0.1) is 24.3 Å². The van der Waals surface area contributed by atoms with Gasteiger partial charge in [-0.2, -0.15) is 9.97 Å². The molecule has 0 unspecified atom stereocenters. The summed E-state index contributed by atoms with van der Waals surface area (Å²) in [4.78, 5) is 50.0. The number of nitrogens with one attached hydrogen (secondary N) is 2. The van der Waals surface area contributed by atoms with E-state index in [-0.39, 0.29) is 55.6 Å². The topological polar surface area (TPSA) is 184 Å². The maximum absolute atomic E-state index is 14.9. The molecule has 13 heteroatoms. The Morgan fingerprint density at radius 2 is 1.66 bits per heavy atom. The van der Waals surface area contributed by atoms with Gasteiger partial charge in [0.2, 0.25) is 5.95 Å². The number of anilines is 3. The predicted octanol–water partition coefficient (Wildman–Crippen LogP) is 3.92. The lowest BCUT2D eigenvalue weighted by molar-refractivity contribution is -0.146. The number of ether oxygens (including phenoxy) is 2. The van der Waals surface area contributed by atoms with E-state index in [1.165, 1.54) is 6.07 Å². The highest BCUT2D eigenvalue weighted by atomic mass is 19.1. The summed E-state index contributed by atoms with van der Waals surface area (Å²) < 4.78 is 24.9. The molecular weight excluding hydrogens is 569 g/mol. The van der Waals surface area contributed by atoms with Crippen LogP contribution in [0.15, 0.2) is 48.5 Å². The van der Waals surface area contributed by atoms with E-state index in [2.05, 4.69) is 25.6 Å². The number of pyridine rings is 1. The molecule has 0 fully saturated rings. The number of rotatable bonds is 12. The van der Waals surface area contributed by atoms with E-state index < -0.39 is 29.7 Å². The zero-order chi connectivity index (χ0) is 31.8. The Bertz CT molecular complexity index is 1680. The van der Waals surface area contributed by atoms with E-state index >= 15 is 0 Å². The molecule has 0 aliphatic heterocycles. The summed E-state index contributed by atoms with van der Waals surface area (Å²) in [6.07, 6.45) is -0.0157. The summed E-state index contributed by atoms with van der Waals surface area (Å²) in [5.41, 5.74) is 15.2. The number of amides is 1. The molecule has 0 aliphatic rings. The van der Waals surface area contributed by atoms with Gasteiger partial charge < -0.3 is 31.6 Å². The number of benzene rings is 2. The number of nitrogens with two attached hydrogens (primary N) is 2. The molecule has 12 nitrogen and oxygen atoms in total. The SMILES string of the molecule is CCOC(=O)CC[C@H](NC(=O)c1ccc(NCc2c(-c3ccccc3F)nc3nc(N)nc(N)c3c2C)cc1)C(=O)OCC. The summed E-state index contributed by atoms with van der Waals surface area (Å²) in [5, 5.41) is 6.44. The lowest BCUT2D eigenvalue weighted by Crippen LogP contribution is -2.42. The van der Waals surface area contributed by atoms with Crippen molar-refractivity contribution in [3.05, 3.63) is 71.0 Å². The second-order valence-corrected chi connectivity index (χ2v) is 9.76. The zero-order valence-corrected chi connectivity index (χ0v) is 24.6. The fraction of sp³-hybridized carbons (Fsp3) is 0.290. The normalized spacial score (nSPS) is 11.5. The van der Waals surface area contributed by atoms with Gasteiger partial charge in [0.1, 0.15) is 17.7 Å².